The molecule has 0 amide bonds. The number of hydrogen-bond acceptors (Lipinski definition) is 2. The summed E-state index contributed by atoms with van der Waals surface area (Å²) < 4.78 is 40.8. The highest BCUT2D eigenvalue weighted by Crippen LogP contribution is 2.43. The quantitative estimate of drug-likeness (QED) is 0.848. The summed E-state index contributed by atoms with van der Waals surface area (Å²) >= 11 is 5.13. The van der Waals surface area contributed by atoms with Gasteiger partial charge < -0.3 is 4.57 Å². The molecule has 1 N–H and O–H groups in total. The Morgan fingerprint density at radius 3 is 2.79 bits per heavy atom. The number of H-pyrrole nitrogens is 1. The van der Waals surface area contributed by atoms with Gasteiger partial charge in [-0.2, -0.15) is 18.3 Å². The summed E-state index contributed by atoms with van der Waals surface area (Å²) in [6.45, 7) is 2.72. The molecule has 0 spiro atoms. The second kappa shape index (κ2) is 5.64. The number of aromatic amines is 1. The van der Waals surface area contributed by atoms with Crippen molar-refractivity contribution in [3.63, 3.8) is 0 Å². The monoisotopic (exact) mass is 293 g/mol. The van der Waals surface area contributed by atoms with Crippen molar-refractivity contribution < 1.29 is 13.2 Å². The molecule has 1 aliphatic carbocycles. The lowest BCUT2D eigenvalue weighted by molar-refractivity contribution is -0.183. The molecule has 1 aromatic heterocycles. The molecule has 0 radical (unpaired) electrons. The normalized spacial score (nSPS) is 24.6. The van der Waals surface area contributed by atoms with Crippen LogP contribution in [0.2, 0.25) is 0 Å². The number of halogens is 3. The molecule has 1 aromatic rings. The molecule has 0 aliphatic heterocycles. The fourth-order valence-corrected chi connectivity index (χ4v) is 3.03. The Bertz CT molecular complexity index is 477. The van der Waals surface area contributed by atoms with Gasteiger partial charge in [0.05, 0.1) is 5.92 Å². The summed E-state index contributed by atoms with van der Waals surface area (Å²) in [6.07, 6.45) is -1.49. The largest absolute Gasteiger partial charge is 0.391 e. The number of aromatic nitrogens is 3. The predicted octanol–water partition coefficient (Wildman–Crippen LogP) is 4.19. The third kappa shape index (κ3) is 3.19. The minimum Gasteiger partial charge on any atom is -0.304 e. The van der Waals surface area contributed by atoms with E-state index in [1.807, 2.05) is 11.5 Å². The highest BCUT2D eigenvalue weighted by molar-refractivity contribution is 7.71. The Morgan fingerprint density at radius 2 is 2.16 bits per heavy atom. The molecule has 19 heavy (non-hydrogen) atoms. The lowest BCUT2D eigenvalue weighted by Crippen LogP contribution is -2.29. The molecule has 1 saturated carbocycles. The molecule has 108 valence electrons. The smallest absolute Gasteiger partial charge is 0.304 e. The van der Waals surface area contributed by atoms with E-state index in [0.717, 1.165) is 12.8 Å². The van der Waals surface area contributed by atoms with Gasteiger partial charge in [0, 0.05) is 12.5 Å². The van der Waals surface area contributed by atoms with E-state index in [1.165, 1.54) is 0 Å². The fourth-order valence-electron chi connectivity index (χ4n) is 2.80. The van der Waals surface area contributed by atoms with Crippen LogP contribution in [0.15, 0.2) is 0 Å². The van der Waals surface area contributed by atoms with Crippen LogP contribution in [-0.2, 0) is 6.54 Å². The highest BCUT2D eigenvalue weighted by atomic mass is 32.1. The molecule has 1 heterocycles. The van der Waals surface area contributed by atoms with Gasteiger partial charge in [-0.3, -0.25) is 5.10 Å². The molecule has 2 atom stereocenters. The average molecular weight is 293 g/mol. The summed E-state index contributed by atoms with van der Waals surface area (Å²) in [4.78, 5) is 0. The van der Waals surface area contributed by atoms with E-state index in [-0.39, 0.29) is 18.8 Å². The van der Waals surface area contributed by atoms with Gasteiger partial charge in [-0.05, 0) is 37.9 Å². The fraction of sp³-hybridized carbons (Fsp3) is 0.833. The van der Waals surface area contributed by atoms with Crippen LogP contribution in [0.25, 0.3) is 0 Å². The molecule has 0 bridgehead atoms. The van der Waals surface area contributed by atoms with Crippen molar-refractivity contribution in [2.75, 3.05) is 0 Å². The number of nitrogens with one attached hydrogen (secondary N) is 1. The van der Waals surface area contributed by atoms with Crippen LogP contribution >= 0.6 is 12.2 Å². The van der Waals surface area contributed by atoms with Crippen LogP contribution in [-0.4, -0.2) is 20.9 Å². The maximum Gasteiger partial charge on any atom is 0.391 e. The molecule has 2 rings (SSSR count). The highest BCUT2D eigenvalue weighted by Gasteiger charge is 2.43. The van der Waals surface area contributed by atoms with Gasteiger partial charge in [-0.15, -0.1) is 0 Å². The van der Waals surface area contributed by atoms with Crippen molar-refractivity contribution in [1.82, 2.24) is 14.8 Å². The van der Waals surface area contributed by atoms with Gasteiger partial charge in [0.1, 0.15) is 5.82 Å². The summed E-state index contributed by atoms with van der Waals surface area (Å²) in [5, 5.41) is 6.86. The van der Waals surface area contributed by atoms with Gasteiger partial charge in [0.2, 0.25) is 0 Å². The number of nitrogens with zero attached hydrogens (tertiary/aromatic N) is 2. The minimum absolute atomic E-state index is 0.132. The van der Waals surface area contributed by atoms with E-state index in [9.17, 15) is 13.2 Å². The maximum atomic E-state index is 12.8. The Morgan fingerprint density at radius 1 is 1.42 bits per heavy atom. The molecule has 1 aliphatic rings. The Balaban J connectivity index is 2.20. The Labute approximate surface area is 115 Å². The average Bonchev–Trinajstić information content (AvgIpc) is 2.71. The van der Waals surface area contributed by atoms with Gasteiger partial charge in [-0.25, -0.2) is 0 Å². The third-order valence-corrected chi connectivity index (χ3v) is 4.05. The number of hydrogen-bond donors (Lipinski definition) is 1. The first-order valence-corrected chi connectivity index (χ1v) is 7.06. The van der Waals surface area contributed by atoms with Crippen LogP contribution in [0.3, 0.4) is 0 Å². The summed E-state index contributed by atoms with van der Waals surface area (Å²) in [5.74, 6) is -0.646. The Kier molecular flexibility index (Phi) is 4.32. The van der Waals surface area contributed by atoms with Crippen LogP contribution < -0.4 is 0 Å². The third-order valence-electron chi connectivity index (χ3n) is 3.74. The molecule has 1 fully saturated rings. The van der Waals surface area contributed by atoms with Crippen LogP contribution in [0.4, 0.5) is 13.2 Å². The van der Waals surface area contributed by atoms with Gasteiger partial charge >= 0.3 is 6.18 Å². The second-order valence-corrected chi connectivity index (χ2v) is 5.53. The van der Waals surface area contributed by atoms with Crippen LogP contribution in [0.5, 0.6) is 0 Å². The first kappa shape index (κ1) is 14.6. The molecular formula is C12H18F3N3S. The van der Waals surface area contributed by atoms with Gasteiger partial charge in [-0.1, -0.05) is 13.3 Å². The molecule has 2 unspecified atom stereocenters. The topological polar surface area (TPSA) is 33.6 Å². The Hall–Kier alpha value is -0.850. The lowest BCUT2D eigenvalue weighted by Gasteiger charge is -2.30. The van der Waals surface area contributed by atoms with E-state index in [2.05, 4.69) is 10.2 Å². The molecule has 3 nitrogen and oxygen atoms in total. The molecule has 0 saturated heterocycles. The standard InChI is InChI=1S/C12H18F3N3S/c1-2-6-18-10(16-17-11(18)19)8-4-3-5-9(7-8)12(13,14)15/h8-9H,2-7H2,1H3,(H,17,19). The molecule has 7 heteroatoms. The van der Waals surface area contributed by atoms with Crippen molar-refractivity contribution in [3.8, 4) is 0 Å². The number of alkyl halides is 3. The van der Waals surface area contributed by atoms with Crippen LogP contribution in [0, 0.1) is 10.7 Å². The van der Waals surface area contributed by atoms with E-state index in [1.54, 1.807) is 0 Å². The van der Waals surface area contributed by atoms with E-state index in [4.69, 9.17) is 12.2 Å². The van der Waals surface area contributed by atoms with E-state index >= 15 is 0 Å². The lowest BCUT2D eigenvalue weighted by atomic mass is 9.80. The second-order valence-electron chi connectivity index (χ2n) is 5.14. The van der Waals surface area contributed by atoms with Gasteiger partial charge in [0.15, 0.2) is 4.77 Å². The molecule has 0 aromatic carbocycles. The van der Waals surface area contributed by atoms with Crippen LogP contribution in [0.1, 0.15) is 50.8 Å². The first-order chi connectivity index (χ1) is 8.93. The minimum atomic E-state index is -4.10. The summed E-state index contributed by atoms with van der Waals surface area (Å²) in [6, 6.07) is 0. The summed E-state index contributed by atoms with van der Waals surface area (Å²) in [7, 11) is 0. The number of rotatable bonds is 3. The zero-order valence-electron chi connectivity index (χ0n) is 10.8. The van der Waals surface area contributed by atoms with Crippen molar-refractivity contribution in [1.29, 1.82) is 0 Å². The maximum absolute atomic E-state index is 12.8. The summed E-state index contributed by atoms with van der Waals surface area (Å²) in [5.41, 5.74) is 0. The van der Waals surface area contributed by atoms with Crippen molar-refractivity contribution >= 4 is 12.2 Å². The predicted molar refractivity (Wildman–Crippen MR) is 68.5 cm³/mol. The zero-order chi connectivity index (χ0) is 14.0. The molecular weight excluding hydrogens is 275 g/mol. The van der Waals surface area contributed by atoms with Crippen molar-refractivity contribution in [3.05, 3.63) is 10.6 Å². The zero-order valence-corrected chi connectivity index (χ0v) is 11.7. The van der Waals surface area contributed by atoms with Crippen molar-refractivity contribution in [2.45, 2.75) is 57.7 Å². The van der Waals surface area contributed by atoms with Crippen molar-refractivity contribution in [2.24, 2.45) is 5.92 Å². The first-order valence-electron chi connectivity index (χ1n) is 6.65. The van der Waals surface area contributed by atoms with E-state index in [0.29, 0.717) is 23.6 Å². The van der Waals surface area contributed by atoms with Gasteiger partial charge in [0.25, 0.3) is 0 Å². The van der Waals surface area contributed by atoms with E-state index < -0.39 is 12.1 Å². The SMILES string of the molecule is CCCn1c(C2CCCC(C(F)(F)F)C2)n[nH]c1=S.